The van der Waals surface area contributed by atoms with E-state index in [0.29, 0.717) is 5.56 Å². The van der Waals surface area contributed by atoms with Gasteiger partial charge in [0.25, 0.3) is 0 Å². The number of carboxylic acid groups (broad SMARTS) is 1. The first kappa shape index (κ1) is 22.7. The Morgan fingerprint density at radius 3 is 2.17 bits per heavy atom. The summed E-state index contributed by atoms with van der Waals surface area (Å²) in [4.78, 5) is 36.1. The Balaban J connectivity index is 2.09. The molecule has 5 N–H and O–H groups in total. The highest BCUT2D eigenvalue weighted by Gasteiger charge is 2.30. The van der Waals surface area contributed by atoms with Gasteiger partial charge in [-0.15, -0.1) is 0 Å². The average Bonchev–Trinajstić information content (AvgIpc) is 2.71. The average molecular weight is 416 g/mol. The molecule has 9 heteroatoms. The van der Waals surface area contributed by atoms with Crippen LogP contribution < -0.4 is 10.6 Å². The van der Waals surface area contributed by atoms with Crippen LogP contribution in [0.2, 0.25) is 0 Å². The van der Waals surface area contributed by atoms with Gasteiger partial charge in [-0.05, 0) is 30.2 Å². The molecule has 3 atom stereocenters. The molecule has 0 fully saturated rings. The van der Waals surface area contributed by atoms with E-state index in [2.05, 4.69) is 10.6 Å². The fourth-order valence-corrected chi connectivity index (χ4v) is 2.63. The summed E-state index contributed by atoms with van der Waals surface area (Å²) in [6.45, 7) is 1.22. The molecule has 0 bridgehead atoms. The normalized spacial score (nSPS) is 13.5. The third-order valence-corrected chi connectivity index (χ3v) is 4.24. The number of ether oxygens (including phenoxy) is 1. The van der Waals surface area contributed by atoms with E-state index in [1.807, 2.05) is 6.07 Å². The smallest absolute Gasteiger partial charge is 0.408 e. The first-order valence-electron chi connectivity index (χ1n) is 9.22. The van der Waals surface area contributed by atoms with Gasteiger partial charge in [0.1, 0.15) is 18.4 Å². The molecule has 0 spiro atoms. The van der Waals surface area contributed by atoms with Crippen LogP contribution in [0.3, 0.4) is 0 Å². The molecule has 2 amide bonds. The highest BCUT2D eigenvalue weighted by atomic mass is 16.5. The van der Waals surface area contributed by atoms with Gasteiger partial charge in [-0.1, -0.05) is 42.5 Å². The maximum Gasteiger partial charge on any atom is 0.408 e. The summed E-state index contributed by atoms with van der Waals surface area (Å²) in [5, 5.41) is 32.8. The van der Waals surface area contributed by atoms with E-state index in [1.54, 1.807) is 36.4 Å². The lowest BCUT2D eigenvalue weighted by molar-refractivity contribution is -0.145. The third-order valence-electron chi connectivity index (χ3n) is 4.24. The zero-order chi connectivity index (χ0) is 22.1. The number of carbonyl (C=O) groups excluding carboxylic acids is 2. The first-order valence-corrected chi connectivity index (χ1v) is 9.22. The van der Waals surface area contributed by atoms with Crippen molar-refractivity contribution < 1.29 is 34.4 Å². The Morgan fingerprint density at radius 2 is 1.60 bits per heavy atom. The van der Waals surface area contributed by atoms with Crippen LogP contribution in [0.5, 0.6) is 5.75 Å². The summed E-state index contributed by atoms with van der Waals surface area (Å²) in [7, 11) is 0. The van der Waals surface area contributed by atoms with Crippen LogP contribution in [0, 0.1) is 0 Å². The topological polar surface area (TPSA) is 145 Å². The molecule has 0 unspecified atom stereocenters. The molecule has 160 valence electrons. The summed E-state index contributed by atoms with van der Waals surface area (Å²) in [5.74, 6) is -2.17. The van der Waals surface area contributed by atoms with E-state index in [-0.39, 0.29) is 18.8 Å². The van der Waals surface area contributed by atoms with Gasteiger partial charge in [0.2, 0.25) is 5.91 Å². The van der Waals surface area contributed by atoms with Crippen LogP contribution in [0.15, 0.2) is 54.6 Å². The molecule has 0 aliphatic carbocycles. The number of aromatic hydroxyl groups is 1. The Labute approximate surface area is 173 Å². The first-order chi connectivity index (χ1) is 14.3. The summed E-state index contributed by atoms with van der Waals surface area (Å²) < 4.78 is 5.13. The van der Waals surface area contributed by atoms with Crippen LogP contribution in [0.1, 0.15) is 18.1 Å². The minimum Gasteiger partial charge on any atom is -0.508 e. The minimum absolute atomic E-state index is 0.00829. The number of hydrogen-bond donors (Lipinski definition) is 5. The second kappa shape index (κ2) is 10.8. The lowest BCUT2D eigenvalue weighted by Crippen LogP contribution is -2.55. The van der Waals surface area contributed by atoms with Crippen molar-refractivity contribution in [2.24, 2.45) is 0 Å². The van der Waals surface area contributed by atoms with Crippen LogP contribution in [0.25, 0.3) is 0 Å². The second-order valence-corrected chi connectivity index (χ2v) is 6.69. The quantitative estimate of drug-likeness (QED) is 0.413. The number of phenols is 1. The lowest BCUT2D eigenvalue weighted by Gasteiger charge is -2.22. The number of carboxylic acids is 1. The molecule has 30 heavy (non-hydrogen) atoms. The monoisotopic (exact) mass is 416 g/mol. The molecule has 0 aromatic heterocycles. The molecule has 2 aromatic carbocycles. The molecular formula is C21H24N2O7. The van der Waals surface area contributed by atoms with E-state index in [4.69, 9.17) is 4.74 Å². The van der Waals surface area contributed by atoms with Crippen molar-refractivity contribution in [1.82, 2.24) is 10.6 Å². The fraction of sp³-hybridized carbons (Fsp3) is 0.286. The summed E-state index contributed by atoms with van der Waals surface area (Å²) in [6.07, 6.45) is -2.19. The number of phenolic OH excluding ortho intramolecular Hbond substituents is 1. The van der Waals surface area contributed by atoms with Gasteiger partial charge in [0.15, 0.2) is 6.04 Å². The van der Waals surface area contributed by atoms with Gasteiger partial charge in [-0.25, -0.2) is 9.59 Å². The SMILES string of the molecule is C[C@H](O)[C@@H](NC(=O)[C@H](Cc1ccc(O)cc1)NC(=O)OCc1ccccc1)C(=O)O. The molecule has 0 aliphatic heterocycles. The molecule has 0 heterocycles. The number of nitrogens with one attached hydrogen (secondary N) is 2. The number of carbonyl (C=O) groups is 3. The van der Waals surface area contributed by atoms with E-state index in [0.717, 1.165) is 5.56 Å². The number of amides is 2. The van der Waals surface area contributed by atoms with Crippen molar-refractivity contribution in [3.8, 4) is 5.75 Å². The minimum atomic E-state index is -1.54. The van der Waals surface area contributed by atoms with E-state index >= 15 is 0 Å². The molecule has 0 radical (unpaired) electrons. The molecular weight excluding hydrogens is 392 g/mol. The summed E-state index contributed by atoms with van der Waals surface area (Å²) in [5.41, 5.74) is 1.37. The van der Waals surface area contributed by atoms with Crippen molar-refractivity contribution in [2.45, 2.75) is 38.1 Å². The van der Waals surface area contributed by atoms with Crippen molar-refractivity contribution in [2.75, 3.05) is 0 Å². The zero-order valence-corrected chi connectivity index (χ0v) is 16.3. The van der Waals surface area contributed by atoms with Crippen LogP contribution >= 0.6 is 0 Å². The molecule has 2 rings (SSSR count). The molecule has 0 saturated heterocycles. The third kappa shape index (κ3) is 7.10. The van der Waals surface area contributed by atoms with Crippen molar-refractivity contribution in [3.05, 3.63) is 65.7 Å². The number of alkyl carbamates (subject to hydrolysis) is 1. The zero-order valence-electron chi connectivity index (χ0n) is 16.3. The Kier molecular flexibility index (Phi) is 8.18. The second-order valence-electron chi connectivity index (χ2n) is 6.69. The lowest BCUT2D eigenvalue weighted by atomic mass is 10.0. The van der Waals surface area contributed by atoms with Crippen LogP contribution in [0.4, 0.5) is 4.79 Å². The highest BCUT2D eigenvalue weighted by Crippen LogP contribution is 2.12. The number of aliphatic hydroxyl groups excluding tert-OH is 1. The van der Waals surface area contributed by atoms with Crippen LogP contribution in [-0.4, -0.2) is 51.5 Å². The summed E-state index contributed by atoms with van der Waals surface area (Å²) in [6, 6.07) is 12.2. The number of aliphatic carboxylic acids is 1. The van der Waals surface area contributed by atoms with E-state index in [1.165, 1.54) is 19.1 Å². The van der Waals surface area contributed by atoms with Gasteiger partial charge in [-0.3, -0.25) is 4.79 Å². The Bertz CT molecular complexity index is 853. The van der Waals surface area contributed by atoms with Gasteiger partial charge in [-0.2, -0.15) is 0 Å². The van der Waals surface area contributed by atoms with Crippen molar-refractivity contribution in [3.63, 3.8) is 0 Å². The fourth-order valence-electron chi connectivity index (χ4n) is 2.63. The highest BCUT2D eigenvalue weighted by molar-refractivity contribution is 5.89. The predicted molar refractivity (Wildman–Crippen MR) is 107 cm³/mol. The predicted octanol–water partition coefficient (Wildman–Crippen LogP) is 1.18. The van der Waals surface area contributed by atoms with E-state index in [9.17, 15) is 29.7 Å². The number of benzene rings is 2. The largest absolute Gasteiger partial charge is 0.508 e. The molecule has 2 aromatic rings. The van der Waals surface area contributed by atoms with Gasteiger partial charge < -0.3 is 30.7 Å². The summed E-state index contributed by atoms with van der Waals surface area (Å²) >= 11 is 0. The molecule has 0 aliphatic rings. The number of aliphatic hydroxyl groups is 1. The number of hydrogen-bond acceptors (Lipinski definition) is 6. The van der Waals surface area contributed by atoms with Crippen molar-refractivity contribution >= 4 is 18.0 Å². The van der Waals surface area contributed by atoms with Crippen LogP contribution in [-0.2, 0) is 27.4 Å². The van der Waals surface area contributed by atoms with Gasteiger partial charge >= 0.3 is 12.1 Å². The maximum atomic E-state index is 12.6. The van der Waals surface area contributed by atoms with Gasteiger partial charge in [0, 0.05) is 6.42 Å². The Hall–Kier alpha value is -3.59. The van der Waals surface area contributed by atoms with Crippen molar-refractivity contribution in [1.29, 1.82) is 0 Å². The molecule has 9 nitrogen and oxygen atoms in total. The van der Waals surface area contributed by atoms with E-state index < -0.39 is 36.2 Å². The maximum absolute atomic E-state index is 12.6. The molecule has 0 saturated carbocycles. The standard InChI is InChI=1S/C21H24N2O7/c1-13(24)18(20(27)28)23-19(26)17(11-14-7-9-16(25)10-8-14)22-21(29)30-12-15-5-3-2-4-6-15/h2-10,13,17-18,24-25H,11-12H2,1H3,(H,22,29)(H,23,26)(H,27,28)/t13-,17-,18+/m0/s1. The number of rotatable bonds is 9. The van der Waals surface area contributed by atoms with Gasteiger partial charge in [0.05, 0.1) is 6.10 Å². The Morgan fingerprint density at radius 1 is 0.967 bits per heavy atom.